The maximum Gasteiger partial charge on any atom is 0.433 e. The van der Waals surface area contributed by atoms with E-state index in [1.807, 2.05) is 0 Å². The van der Waals surface area contributed by atoms with Gasteiger partial charge in [-0.25, -0.2) is 9.37 Å². The van der Waals surface area contributed by atoms with Crippen LogP contribution in [0.3, 0.4) is 0 Å². The molecule has 106 valence electrons. The van der Waals surface area contributed by atoms with Crippen LogP contribution in [0.2, 0.25) is 5.02 Å². The Hall–Kier alpha value is -1.82. The lowest BCUT2D eigenvalue weighted by atomic mass is 10.2. The van der Waals surface area contributed by atoms with Crippen molar-refractivity contribution in [2.24, 2.45) is 0 Å². The maximum absolute atomic E-state index is 13.5. The Labute approximate surface area is 117 Å². The van der Waals surface area contributed by atoms with Gasteiger partial charge in [0.25, 0.3) is 0 Å². The van der Waals surface area contributed by atoms with Gasteiger partial charge >= 0.3 is 6.18 Å². The van der Waals surface area contributed by atoms with Gasteiger partial charge in [0.2, 0.25) is 0 Å². The van der Waals surface area contributed by atoms with E-state index >= 15 is 0 Å². The van der Waals surface area contributed by atoms with E-state index in [0.717, 1.165) is 12.3 Å². The normalized spacial score (nSPS) is 11.4. The molecular formula is C13H9ClF4N2. The maximum atomic E-state index is 13.5. The number of hydrogen-bond acceptors (Lipinski definition) is 2. The summed E-state index contributed by atoms with van der Waals surface area (Å²) in [6.07, 6.45) is -3.44. The minimum absolute atomic E-state index is 0.0541. The largest absolute Gasteiger partial charge is 0.433 e. The summed E-state index contributed by atoms with van der Waals surface area (Å²) in [5.74, 6) is -0.482. The van der Waals surface area contributed by atoms with Crippen LogP contribution in [0.25, 0.3) is 0 Å². The number of alkyl halides is 3. The van der Waals surface area contributed by atoms with E-state index in [4.69, 9.17) is 11.6 Å². The summed E-state index contributed by atoms with van der Waals surface area (Å²) >= 11 is 5.84. The van der Waals surface area contributed by atoms with Crippen LogP contribution in [0.15, 0.2) is 36.5 Å². The fourth-order valence-electron chi connectivity index (χ4n) is 1.56. The quantitative estimate of drug-likeness (QED) is 0.844. The molecule has 1 aromatic heterocycles. The van der Waals surface area contributed by atoms with Crippen molar-refractivity contribution in [3.63, 3.8) is 0 Å². The Morgan fingerprint density at radius 1 is 1.15 bits per heavy atom. The molecule has 0 saturated carbocycles. The Morgan fingerprint density at radius 2 is 1.90 bits per heavy atom. The van der Waals surface area contributed by atoms with Crippen LogP contribution >= 0.6 is 11.6 Å². The topological polar surface area (TPSA) is 24.9 Å². The summed E-state index contributed by atoms with van der Waals surface area (Å²) in [5, 5.41) is 3.01. The van der Waals surface area contributed by atoms with Gasteiger partial charge in [0.1, 0.15) is 11.5 Å². The highest BCUT2D eigenvalue weighted by molar-refractivity contribution is 6.31. The van der Waals surface area contributed by atoms with Crippen molar-refractivity contribution < 1.29 is 17.6 Å². The highest BCUT2D eigenvalue weighted by Crippen LogP contribution is 2.28. The van der Waals surface area contributed by atoms with E-state index < -0.39 is 17.7 Å². The molecule has 0 fully saturated rings. The van der Waals surface area contributed by atoms with E-state index in [1.54, 1.807) is 0 Å². The van der Waals surface area contributed by atoms with Crippen molar-refractivity contribution in [1.82, 2.24) is 4.98 Å². The lowest BCUT2D eigenvalue weighted by Gasteiger charge is -2.10. The number of hydrogen-bond donors (Lipinski definition) is 1. The smallest absolute Gasteiger partial charge is 0.380 e. The van der Waals surface area contributed by atoms with Crippen molar-refractivity contribution in [3.8, 4) is 0 Å². The van der Waals surface area contributed by atoms with Gasteiger partial charge in [0.05, 0.1) is 11.9 Å². The molecule has 2 aromatic rings. The first kappa shape index (κ1) is 14.6. The van der Waals surface area contributed by atoms with Gasteiger partial charge in [0.15, 0.2) is 0 Å². The number of rotatable bonds is 3. The van der Waals surface area contributed by atoms with Gasteiger partial charge in [-0.05, 0) is 24.3 Å². The van der Waals surface area contributed by atoms with Gasteiger partial charge in [0, 0.05) is 17.1 Å². The van der Waals surface area contributed by atoms with E-state index in [-0.39, 0.29) is 17.1 Å². The molecule has 0 bridgehead atoms. The molecule has 2 rings (SSSR count). The molecule has 0 aliphatic heterocycles. The molecule has 1 heterocycles. The SMILES string of the molecule is Fc1cccc(Cl)c1CNc1ccc(C(F)(F)F)nc1. The first-order chi connectivity index (χ1) is 9.38. The summed E-state index contributed by atoms with van der Waals surface area (Å²) in [5.41, 5.74) is -0.390. The summed E-state index contributed by atoms with van der Waals surface area (Å²) < 4.78 is 50.5. The van der Waals surface area contributed by atoms with E-state index in [0.29, 0.717) is 5.69 Å². The second-order valence-corrected chi connectivity index (χ2v) is 4.39. The number of nitrogens with zero attached hydrogens (tertiary/aromatic N) is 1. The highest BCUT2D eigenvalue weighted by Gasteiger charge is 2.31. The molecule has 0 saturated heterocycles. The lowest BCUT2D eigenvalue weighted by molar-refractivity contribution is -0.141. The Balaban J connectivity index is 2.08. The predicted molar refractivity (Wildman–Crippen MR) is 68.0 cm³/mol. The van der Waals surface area contributed by atoms with E-state index in [2.05, 4.69) is 10.3 Å². The van der Waals surface area contributed by atoms with Gasteiger partial charge in [-0.15, -0.1) is 0 Å². The number of halogens is 5. The number of nitrogens with one attached hydrogen (secondary N) is 1. The number of pyridine rings is 1. The fourth-order valence-corrected chi connectivity index (χ4v) is 1.79. The molecule has 0 aliphatic rings. The van der Waals surface area contributed by atoms with E-state index in [9.17, 15) is 17.6 Å². The number of aromatic nitrogens is 1. The Kier molecular flexibility index (Phi) is 4.13. The Morgan fingerprint density at radius 3 is 2.45 bits per heavy atom. The molecule has 1 N–H and O–H groups in total. The molecule has 0 aliphatic carbocycles. The van der Waals surface area contributed by atoms with Gasteiger partial charge < -0.3 is 5.32 Å². The molecule has 7 heteroatoms. The van der Waals surface area contributed by atoms with E-state index in [1.165, 1.54) is 24.3 Å². The zero-order chi connectivity index (χ0) is 14.8. The summed E-state index contributed by atoms with van der Waals surface area (Å²) in [7, 11) is 0. The number of benzene rings is 1. The fraction of sp³-hybridized carbons (Fsp3) is 0.154. The first-order valence-corrected chi connectivity index (χ1v) is 5.96. The molecule has 0 spiro atoms. The zero-order valence-corrected chi connectivity index (χ0v) is 10.8. The molecule has 2 nitrogen and oxygen atoms in total. The summed E-state index contributed by atoms with van der Waals surface area (Å²) in [6.45, 7) is 0.0541. The molecule has 0 unspecified atom stereocenters. The van der Waals surface area contributed by atoms with Crippen LogP contribution in [-0.2, 0) is 12.7 Å². The molecule has 20 heavy (non-hydrogen) atoms. The van der Waals surface area contributed by atoms with Crippen LogP contribution < -0.4 is 5.32 Å². The molecule has 0 atom stereocenters. The molecule has 0 radical (unpaired) electrons. The minimum atomic E-state index is -4.48. The van der Waals surface area contributed by atoms with Gasteiger partial charge in [-0.1, -0.05) is 17.7 Å². The van der Waals surface area contributed by atoms with Crippen LogP contribution in [-0.4, -0.2) is 4.98 Å². The highest BCUT2D eigenvalue weighted by atomic mass is 35.5. The molecule has 1 aromatic carbocycles. The van der Waals surface area contributed by atoms with Gasteiger partial charge in [-0.2, -0.15) is 13.2 Å². The number of anilines is 1. The average molecular weight is 305 g/mol. The summed E-state index contributed by atoms with van der Waals surface area (Å²) in [4.78, 5) is 3.29. The first-order valence-electron chi connectivity index (χ1n) is 5.58. The van der Waals surface area contributed by atoms with Gasteiger partial charge in [-0.3, -0.25) is 0 Å². The zero-order valence-electron chi connectivity index (χ0n) is 10.0. The monoisotopic (exact) mass is 304 g/mol. The third-order valence-corrected chi connectivity index (χ3v) is 2.94. The Bertz CT molecular complexity index is 576. The third kappa shape index (κ3) is 3.39. The van der Waals surface area contributed by atoms with Crippen molar-refractivity contribution >= 4 is 17.3 Å². The summed E-state index contributed by atoms with van der Waals surface area (Å²) in [6, 6.07) is 6.34. The van der Waals surface area contributed by atoms with Crippen LogP contribution in [0.4, 0.5) is 23.2 Å². The van der Waals surface area contributed by atoms with Crippen LogP contribution in [0.5, 0.6) is 0 Å². The van der Waals surface area contributed by atoms with Crippen LogP contribution in [0.1, 0.15) is 11.3 Å². The second-order valence-electron chi connectivity index (χ2n) is 3.98. The van der Waals surface area contributed by atoms with Crippen LogP contribution in [0, 0.1) is 5.82 Å². The van der Waals surface area contributed by atoms with Crippen molar-refractivity contribution in [3.05, 3.63) is 58.6 Å². The van der Waals surface area contributed by atoms with Crippen molar-refractivity contribution in [1.29, 1.82) is 0 Å². The molecule has 0 amide bonds. The molecular weight excluding hydrogens is 296 g/mol. The van der Waals surface area contributed by atoms with Crippen molar-refractivity contribution in [2.75, 3.05) is 5.32 Å². The minimum Gasteiger partial charge on any atom is -0.380 e. The third-order valence-electron chi connectivity index (χ3n) is 2.58. The second kappa shape index (κ2) is 5.66. The lowest BCUT2D eigenvalue weighted by Crippen LogP contribution is -2.08. The predicted octanol–water partition coefficient (Wildman–Crippen LogP) is 4.51. The average Bonchev–Trinajstić information content (AvgIpc) is 2.37. The van der Waals surface area contributed by atoms with Crippen molar-refractivity contribution in [2.45, 2.75) is 12.7 Å². The standard InChI is InChI=1S/C13H9ClF4N2/c14-10-2-1-3-11(15)9(10)7-19-8-4-5-12(20-6-8)13(16,17)18/h1-6,19H,7H2.